The van der Waals surface area contributed by atoms with Crippen LogP contribution in [0.2, 0.25) is 0 Å². The molecule has 0 saturated carbocycles. The molecule has 5 heteroatoms. The van der Waals surface area contributed by atoms with Crippen LogP contribution >= 0.6 is 15.9 Å². The van der Waals surface area contributed by atoms with Crippen molar-refractivity contribution in [2.75, 3.05) is 7.05 Å². The molecule has 0 spiro atoms. The average Bonchev–Trinajstić information content (AvgIpc) is 2.43. The summed E-state index contributed by atoms with van der Waals surface area (Å²) in [5.74, 6) is 0.168. The average molecular weight is 274 g/mol. The Morgan fingerprint density at radius 2 is 2.27 bits per heavy atom. The summed E-state index contributed by atoms with van der Waals surface area (Å²) in [4.78, 5) is 11.7. The van der Waals surface area contributed by atoms with Crippen molar-refractivity contribution in [3.8, 4) is 0 Å². The molecule has 0 aromatic carbocycles. The molecule has 0 amide bonds. The highest BCUT2D eigenvalue weighted by Crippen LogP contribution is 2.20. The number of carbonyl (C=O) groups is 1. The maximum absolute atomic E-state index is 11.7. The van der Waals surface area contributed by atoms with Gasteiger partial charge in [-0.05, 0) is 36.8 Å². The van der Waals surface area contributed by atoms with E-state index in [2.05, 4.69) is 26.3 Å². The summed E-state index contributed by atoms with van der Waals surface area (Å²) in [6.07, 6.45) is 0.403. The first-order valence-electron chi connectivity index (χ1n) is 4.85. The van der Waals surface area contributed by atoms with E-state index in [1.54, 1.807) is 11.7 Å². The highest BCUT2D eigenvalue weighted by molar-refractivity contribution is 9.10. The molecule has 1 atom stereocenters. The first-order valence-corrected chi connectivity index (χ1v) is 5.64. The fraction of sp³-hybridized carbons (Fsp3) is 0.600. The van der Waals surface area contributed by atoms with Crippen LogP contribution in [0.5, 0.6) is 0 Å². The van der Waals surface area contributed by atoms with Gasteiger partial charge in [-0.25, -0.2) is 0 Å². The summed E-state index contributed by atoms with van der Waals surface area (Å²) in [6, 6.07) is -0.118. The minimum Gasteiger partial charge on any atom is -0.311 e. The maximum Gasteiger partial charge on any atom is 0.155 e. The zero-order valence-corrected chi connectivity index (χ0v) is 11.1. The molecular weight excluding hydrogens is 258 g/mol. The fourth-order valence-corrected chi connectivity index (χ4v) is 1.83. The molecule has 4 nitrogen and oxygen atoms in total. The number of nitrogens with zero attached hydrogens (tertiary/aromatic N) is 2. The quantitative estimate of drug-likeness (QED) is 0.897. The molecule has 0 radical (unpaired) electrons. The summed E-state index contributed by atoms with van der Waals surface area (Å²) in [5.41, 5.74) is 1.84. The summed E-state index contributed by atoms with van der Waals surface area (Å²) < 4.78 is 2.68. The molecule has 0 saturated heterocycles. The second-order valence-corrected chi connectivity index (χ2v) is 4.42. The van der Waals surface area contributed by atoms with Crippen molar-refractivity contribution in [3.63, 3.8) is 0 Å². The minimum atomic E-state index is -0.118. The van der Waals surface area contributed by atoms with Gasteiger partial charge in [0.2, 0.25) is 0 Å². The van der Waals surface area contributed by atoms with Crippen LogP contribution in [0.3, 0.4) is 0 Å². The molecule has 0 aliphatic carbocycles. The summed E-state index contributed by atoms with van der Waals surface area (Å²) in [6.45, 7) is 3.78. The van der Waals surface area contributed by atoms with E-state index in [1.807, 2.05) is 20.9 Å². The number of carbonyl (C=O) groups excluding carboxylic acids is 1. The highest BCUT2D eigenvalue weighted by Gasteiger charge is 2.17. The molecule has 1 aromatic rings. The Morgan fingerprint density at radius 1 is 1.67 bits per heavy atom. The van der Waals surface area contributed by atoms with Gasteiger partial charge in [-0.3, -0.25) is 9.48 Å². The number of aromatic nitrogens is 2. The third-order valence-electron chi connectivity index (χ3n) is 2.52. The van der Waals surface area contributed by atoms with Gasteiger partial charge in [0.05, 0.1) is 28.3 Å². The number of likely N-dealkylation sites (N-methyl/N-ethyl adjacent to an activating group) is 1. The van der Waals surface area contributed by atoms with Crippen molar-refractivity contribution >= 4 is 21.7 Å². The molecular formula is C10H16BrN3O. The number of Topliss-reactive ketones (excluding diaryl/α,β-unsaturated/α-hetero) is 1. The topological polar surface area (TPSA) is 46.9 Å². The van der Waals surface area contributed by atoms with Crippen LogP contribution in [-0.4, -0.2) is 28.7 Å². The smallest absolute Gasteiger partial charge is 0.155 e. The zero-order chi connectivity index (χ0) is 11.6. The molecule has 0 fully saturated rings. The molecule has 0 bridgehead atoms. The molecule has 1 rings (SSSR count). The third kappa shape index (κ3) is 2.66. The predicted octanol–water partition coefficient (Wildman–Crippen LogP) is 1.21. The van der Waals surface area contributed by atoms with Crippen molar-refractivity contribution in [3.05, 3.63) is 15.9 Å². The molecule has 84 valence electrons. The van der Waals surface area contributed by atoms with Gasteiger partial charge in [-0.15, -0.1) is 0 Å². The van der Waals surface area contributed by atoms with Crippen LogP contribution in [0, 0.1) is 6.92 Å². The predicted molar refractivity (Wildman–Crippen MR) is 62.9 cm³/mol. The number of nitrogens with one attached hydrogen (secondary N) is 1. The van der Waals surface area contributed by atoms with Crippen LogP contribution in [0.1, 0.15) is 18.3 Å². The van der Waals surface area contributed by atoms with E-state index in [0.29, 0.717) is 6.42 Å². The lowest BCUT2D eigenvalue weighted by atomic mass is 10.1. The van der Waals surface area contributed by atoms with Gasteiger partial charge in [0.15, 0.2) is 5.78 Å². The van der Waals surface area contributed by atoms with Crippen LogP contribution in [-0.2, 0) is 18.3 Å². The van der Waals surface area contributed by atoms with Crippen molar-refractivity contribution in [2.24, 2.45) is 7.05 Å². The zero-order valence-electron chi connectivity index (χ0n) is 9.47. The van der Waals surface area contributed by atoms with Crippen molar-refractivity contribution in [1.82, 2.24) is 15.1 Å². The lowest BCUT2D eigenvalue weighted by Gasteiger charge is -2.09. The Kier molecular flexibility index (Phi) is 4.04. The van der Waals surface area contributed by atoms with Crippen LogP contribution in [0.25, 0.3) is 0 Å². The van der Waals surface area contributed by atoms with E-state index in [4.69, 9.17) is 0 Å². The Hall–Kier alpha value is -0.680. The van der Waals surface area contributed by atoms with E-state index in [1.165, 1.54) is 0 Å². The van der Waals surface area contributed by atoms with Crippen molar-refractivity contribution < 1.29 is 4.79 Å². The van der Waals surface area contributed by atoms with E-state index < -0.39 is 0 Å². The Balaban J connectivity index is 2.85. The first kappa shape index (κ1) is 12.4. The van der Waals surface area contributed by atoms with Crippen molar-refractivity contribution in [1.29, 1.82) is 0 Å². The second-order valence-electron chi connectivity index (χ2n) is 3.62. The van der Waals surface area contributed by atoms with Crippen LogP contribution in [0.15, 0.2) is 4.47 Å². The summed E-state index contributed by atoms with van der Waals surface area (Å²) in [5, 5.41) is 7.18. The van der Waals surface area contributed by atoms with Gasteiger partial charge in [-0.2, -0.15) is 5.10 Å². The Morgan fingerprint density at radius 3 is 2.67 bits per heavy atom. The number of hydrogen-bond acceptors (Lipinski definition) is 3. The third-order valence-corrected chi connectivity index (χ3v) is 3.55. The highest BCUT2D eigenvalue weighted by atomic mass is 79.9. The molecule has 15 heavy (non-hydrogen) atoms. The Labute approximate surface area is 98.2 Å². The molecule has 0 aliphatic heterocycles. The van der Waals surface area contributed by atoms with E-state index in [9.17, 15) is 4.79 Å². The minimum absolute atomic E-state index is 0.118. The number of hydrogen-bond donors (Lipinski definition) is 1. The van der Waals surface area contributed by atoms with Gasteiger partial charge in [0.25, 0.3) is 0 Å². The number of halogens is 1. The van der Waals surface area contributed by atoms with Crippen LogP contribution < -0.4 is 5.32 Å². The maximum atomic E-state index is 11.7. The lowest BCUT2D eigenvalue weighted by Crippen LogP contribution is -2.32. The number of ketones is 1. The normalized spacial score (nSPS) is 12.9. The van der Waals surface area contributed by atoms with Gasteiger partial charge < -0.3 is 5.32 Å². The van der Waals surface area contributed by atoms with Gasteiger partial charge in [0.1, 0.15) is 0 Å². The van der Waals surface area contributed by atoms with E-state index in [-0.39, 0.29) is 11.8 Å². The van der Waals surface area contributed by atoms with Gasteiger partial charge in [-0.1, -0.05) is 0 Å². The molecule has 1 heterocycles. The monoisotopic (exact) mass is 273 g/mol. The molecule has 0 aliphatic rings. The van der Waals surface area contributed by atoms with Crippen LogP contribution in [0.4, 0.5) is 0 Å². The first-order chi connectivity index (χ1) is 6.97. The van der Waals surface area contributed by atoms with Gasteiger partial charge in [0, 0.05) is 7.05 Å². The lowest BCUT2D eigenvalue weighted by molar-refractivity contribution is -0.120. The number of aryl methyl sites for hydroxylation is 2. The number of rotatable bonds is 4. The van der Waals surface area contributed by atoms with E-state index in [0.717, 1.165) is 15.9 Å². The SMILES string of the molecule is CNC(C)C(=O)Cc1c(Br)c(C)nn1C. The van der Waals surface area contributed by atoms with Gasteiger partial charge >= 0.3 is 0 Å². The largest absolute Gasteiger partial charge is 0.311 e. The summed E-state index contributed by atoms with van der Waals surface area (Å²) >= 11 is 3.44. The fourth-order valence-electron chi connectivity index (χ4n) is 1.35. The molecule has 1 aromatic heterocycles. The summed E-state index contributed by atoms with van der Waals surface area (Å²) in [7, 11) is 3.64. The Bertz CT molecular complexity index is 373. The second kappa shape index (κ2) is 4.90. The molecule has 1 N–H and O–H groups in total. The van der Waals surface area contributed by atoms with Crippen molar-refractivity contribution in [2.45, 2.75) is 26.3 Å². The standard InChI is InChI=1S/C10H16BrN3O/c1-6(12-3)9(15)5-8-10(11)7(2)13-14(8)4/h6,12H,5H2,1-4H3. The molecule has 1 unspecified atom stereocenters. The van der Waals surface area contributed by atoms with E-state index >= 15 is 0 Å².